The Morgan fingerprint density at radius 2 is 2.00 bits per heavy atom. The molecule has 0 radical (unpaired) electrons. The number of urea groups is 1. The van der Waals surface area contributed by atoms with Crippen molar-refractivity contribution in [2.75, 3.05) is 31.1 Å². The van der Waals surface area contributed by atoms with Crippen molar-refractivity contribution in [1.82, 2.24) is 15.2 Å². The number of rotatable bonds is 4. The number of carbonyl (C=O) groups excluding carboxylic acids is 1. The average molecular weight is 329 g/mol. The summed E-state index contributed by atoms with van der Waals surface area (Å²) in [5.41, 5.74) is 0.372. The smallest absolute Gasteiger partial charge is 0.317 e. The predicted molar refractivity (Wildman–Crippen MR) is 87.7 cm³/mol. The van der Waals surface area contributed by atoms with E-state index in [4.69, 9.17) is 4.42 Å². The maximum Gasteiger partial charge on any atom is 0.317 e. The van der Waals surface area contributed by atoms with E-state index in [2.05, 4.69) is 23.3 Å². The summed E-state index contributed by atoms with van der Waals surface area (Å²) in [5.74, 6) is 2.32. The van der Waals surface area contributed by atoms with Crippen LogP contribution in [0.2, 0.25) is 0 Å². The number of anilines is 1. The molecule has 7 heteroatoms. The summed E-state index contributed by atoms with van der Waals surface area (Å²) in [5, 5.41) is 12.4. The summed E-state index contributed by atoms with van der Waals surface area (Å²) in [4.78, 5) is 20.5. The van der Waals surface area contributed by atoms with E-state index in [1.807, 2.05) is 9.80 Å². The van der Waals surface area contributed by atoms with E-state index in [0.29, 0.717) is 55.5 Å². The van der Waals surface area contributed by atoms with Gasteiger partial charge in [-0.2, -0.15) is 5.26 Å². The molecule has 128 valence electrons. The van der Waals surface area contributed by atoms with Crippen LogP contribution in [0.25, 0.3) is 0 Å². The Labute approximate surface area is 141 Å². The highest BCUT2D eigenvalue weighted by Gasteiger charge is 2.34. The molecule has 0 spiro atoms. The topological polar surface area (TPSA) is 85.4 Å². The van der Waals surface area contributed by atoms with Crippen molar-refractivity contribution in [2.24, 2.45) is 5.92 Å². The van der Waals surface area contributed by atoms with Gasteiger partial charge in [-0.3, -0.25) is 0 Å². The number of nitrogens with one attached hydrogen (secondary N) is 1. The molecule has 0 bridgehead atoms. The molecule has 7 nitrogen and oxygen atoms in total. The largest absolute Gasteiger partial charge is 0.423 e. The Balaban J connectivity index is 1.35. The van der Waals surface area contributed by atoms with Gasteiger partial charge in [0.05, 0.1) is 0 Å². The van der Waals surface area contributed by atoms with Gasteiger partial charge in [0, 0.05) is 38.1 Å². The molecule has 2 amide bonds. The van der Waals surface area contributed by atoms with Crippen LogP contribution in [0.4, 0.5) is 10.7 Å². The first-order valence-corrected chi connectivity index (χ1v) is 8.87. The lowest BCUT2D eigenvalue weighted by Crippen LogP contribution is -2.53. The molecule has 3 aliphatic rings. The third kappa shape index (κ3) is 3.05. The lowest BCUT2D eigenvalue weighted by Gasteiger charge is -2.35. The van der Waals surface area contributed by atoms with Gasteiger partial charge in [0.25, 0.3) is 0 Å². The third-order valence-electron chi connectivity index (χ3n) is 5.19. The molecule has 24 heavy (non-hydrogen) atoms. The van der Waals surface area contributed by atoms with Crippen LogP contribution >= 0.6 is 0 Å². The minimum atomic E-state index is 0.0193. The molecule has 0 aromatic carbocycles. The van der Waals surface area contributed by atoms with E-state index in [9.17, 15) is 10.1 Å². The summed E-state index contributed by atoms with van der Waals surface area (Å²) >= 11 is 0. The van der Waals surface area contributed by atoms with Crippen molar-refractivity contribution in [1.29, 1.82) is 5.26 Å². The van der Waals surface area contributed by atoms with Crippen LogP contribution in [0.15, 0.2) is 4.42 Å². The highest BCUT2D eigenvalue weighted by atomic mass is 16.4. The lowest BCUT2D eigenvalue weighted by atomic mass is 10.2. The second-order valence-corrected chi connectivity index (χ2v) is 7.14. The highest BCUT2D eigenvalue weighted by molar-refractivity contribution is 5.75. The van der Waals surface area contributed by atoms with E-state index in [0.717, 1.165) is 12.8 Å². The zero-order valence-electron chi connectivity index (χ0n) is 14.0. The SMILES string of the molecule is CC(NC(=O)N1CCN(c2oc(C3CC3)nc2C#N)CC1)C1CC1. The second-order valence-electron chi connectivity index (χ2n) is 7.14. The van der Waals surface area contributed by atoms with Crippen molar-refractivity contribution >= 4 is 11.9 Å². The minimum absolute atomic E-state index is 0.0193. The standard InChI is InChI=1S/C17H23N5O2/c1-11(12-2-3-12)19-17(23)22-8-6-21(7-9-22)16-14(10-18)20-15(24-16)13-4-5-13/h11-13H,2-9H2,1H3,(H,19,23). The normalized spacial score (nSPS) is 22.2. The fourth-order valence-corrected chi connectivity index (χ4v) is 3.23. The van der Waals surface area contributed by atoms with Crippen molar-refractivity contribution in [2.45, 2.75) is 44.6 Å². The molecule has 1 aliphatic heterocycles. The molecule has 2 aliphatic carbocycles. The quantitative estimate of drug-likeness (QED) is 0.914. The number of aromatic nitrogens is 1. The summed E-state index contributed by atoms with van der Waals surface area (Å²) in [7, 11) is 0. The summed E-state index contributed by atoms with van der Waals surface area (Å²) in [6.45, 7) is 4.68. The van der Waals surface area contributed by atoms with E-state index >= 15 is 0 Å². The molecule has 2 saturated carbocycles. The van der Waals surface area contributed by atoms with Gasteiger partial charge < -0.3 is 19.5 Å². The van der Waals surface area contributed by atoms with Crippen LogP contribution in [-0.2, 0) is 0 Å². The Morgan fingerprint density at radius 3 is 2.58 bits per heavy atom. The van der Waals surface area contributed by atoms with Gasteiger partial charge in [-0.1, -0.05) is 0 Å². The lowest BCUT2D eigenvalue weighted by molar-refractivity contribution is 0.189. The van der Waals surface area contributed by atoms with Gasteiger partial charge in [0.1, 0.15) is 6.07 Å². The first-order chi connectivity index (χ1) is 11.7. The molecular formula is C17H23N5O2. The van der Waals surface area contributed by atoms with E-state index in [-0.39, 0.29) is 12.1 Å². The summed E-state index contributed by atoms with van der Waals surface area (Å²) < 4.78 is 5.84. The number of nitrogens with zero attached hydrogens (tertiary/aromatic N) is 4. The molecule has 1 atom stereocenters. The molecule has 1 aromatic heterocycles. The molecule has 4 rings (SSSR count). The third-order valence-corrected chi connectivity index (χ3v) is 5.19. The van der Waals surface area contributed by atoms with Crippen LogP contribution in [0, 0.1) is 17.2 Å². The molecule has 1 aromatic rings. The molecule has 2 heterocycles. The maximum absolute atomic E-state index is 12.3. The Bertz CT molecular complexity index is 663. The highest BCUT2D eigenvalue weighted by Crippen LogP contribution is 2.41. The van der Waals surface area contributed by atoms with Gasteiger partial charge >= 0.3 is 6.03 Å². The Morgan fingerprint density at radius 1 is 1.29 bits per heavy atom. The molecular weight excluding hydrogens is 306 g/mol. The Kier molecular flexibility index (Phi) is 3.83. The van der Waals surface area contributed by atoms with Gasteiger partial charge in [0.2, 0.25) is 17.5 Å². The summed E-state index contributed by atoms with van der Waals surface area (Å²) in [6.07, 6.45) is 4.64. The second kappa shape index (κ2) is 6.00. The monoisotopic (exact) mass is 329 g/mol. The molecule has 3 fully saturated rings. The Hall–Kier alpha value is -2.23. The first kappa shape index (κ1) is 15.3. The van der Waals surface area contributed by atoms with Gasteiger partial charge in [-0.25, -0.2) is 9.78 Å². The zero-order chi connectivity index (χ0) is 16.7. The van der Waals surface area contributed by atoms with Crippen molar-refractivity contribution in [3.05, 3.63) is 11.6 Å². The molecule has 1 N–H and O–H groups in total. The van der Waals surface area contributed by atoms with Gasteiger partial charge in [-0.15, -0.1) is 0 Å². The predicted octanol–water partition coefficient (Wildman–Crippen LogP) is 2.05. The van der Waals surface area contributed by atoms with Crippen LogP contribution < -0.4 is 10.2 Å². The number of amides is 2. The van der Waals surface area contributed by atoms with Gasteiger partial charge in [0.15, 0.2) is 0 Å². The van der Waals surface area contributed by atoms with Crippen molar-refractivity contribution < 1.29 is 9.21 Å². The first-order valence-electron chi connectivity index (χ1n) is 8.87. The number of oxazole rings is 1. The van der Waals surface area contributed by atoms with E-state index in [1.165, 1.54) is 12.8 Å². The van der Waals surface area contributed by atoms with Gasteiger partial charge in [-0.05, 0) is 38.5 Å². The minimum Gasteiger partial charge on any atom is -0.423 e. The molecule has 1 unspecified atom stereocenters. The maximum atomic E-state index is 12.3. The zero-order valence-corrected chi connectivity index (χ0v) is 14.0. The van der Waals surface area contributed by atoms with Crippen molar-refractivity contribution in [3.8, 4) is 6.07 Å². The number of carbonyl (C=O) groups is 1. The van der Waals surface area contributed by atoms with Crippen LogP contribution in [0.5, 0.6) is 0 Å². The van der Waals surface area contributed by atoms with Crippen LogP contribution in [-0.4, -0.2) is 48.1 Å². The number of piperazine rings is 1. The van der Waals surface area contributed by atoms with E-state index < -0.39 is 0 Å². The van der Waals surface area contributed by atoms with Crippen LogP contribution in [0.3, 0.4) is 0 Å². The van der Waals surface area contributed by atoms with Crippen LogP contribution in [0.1, 0.15) is 50.1 Å². The fraction of sp³-hybridized carbons (Fsp3) is 0.706. The number of hydrogen-bond acceptors (Lipinski definition) is 5. The number of nitriles is 1. The van der Waals surface area contributed by atoms with E-state index in [1.54, 1.807) is 0 Å². The summed E-state index contributed by atoms with van der Waals surface area (Å²) in [6, 6.07) is 2.42. The number of hydrogen-bond donors (Lipinski definition) is 1. The average Bonchev–Trinajstić information content (AvgIpc) is 3.51. The van der Waals surface area contributed by atoms with Crippen molar-refractivity contribution in [3.63, 3.8) is 0 Å². The fourth-order valence-electron chi connectivity index (χ4n) is 3.23. The molecule has 1 saturated heterocycles.